The summed E-state index contributed by atoms with van der Waals surface area (Å²) in [6.45, 7) is 0.609. The number of nitro groups is 1. The SMILES string of the molecule is O=[N+]([O-])c1ccc(CNCCSC(F)(F)F)cc1. The van der Waals surface area contributed by atoms with Crippen molar-refractivity contribution in [2.45, 2.75) is 12.1 Å². The average Bonchev–Trinajstić information content (AvgIpc) is 2.27. The summed E-state index contributed by atoms with van der Waals surface area (Å²) in [4.78, 5) is 9.88. The first-order valence-electron chi connectivity index (χ1n) is 5.03. The van der Waals surface area contributed by atoms with Crippen molar-refractivity contribution >= 4 is 17.4 Å². The van der Waals surface area contributed by atoms with Crippen LogP contribution in [0.1, 0.15) is 5.56 Å². The third-order valence-electron chi connectivity index (χ3n) is 2.02. The highest BCUT2D eigenvalue weighted by Crippen LogP contribution is 2.29. The molecule has 1 aromatic rings. The van der Waals surface area contributed by atoms with Gasteiger partial charge in [-0.05, 0) is 17.3 Å². The van der Waals surface area contributed by atoms with Gasteiger partial charge in [0.15, 0.2) is 0 Å². The first-order valence-corrected chi connectivity index (χ1v) is 6.02. The first-order chi connectivity index (χ1) is 8.38. The second-order valence-corrected chi connectivity index (χ2v) is 4.55. The predicted octanol–water partition coefficient (Wildman–Crippen LogP) is 2.94. The van der Waals surface area contributed by atoms with Gasteiger partial charge in [-0.3, -0.25) is 10.1 Å². The summed E-state index contributed by atoms with van der Waals surface area (Å²) in [5, 5.41) is 13.2. The molecule has 0 bridgehead atoms. The van der Waals surface area contributed by atoms with Gasteiger partial charge in [-0.15, -0.1) is 0 Å². The topological polar surface area (TPSA) is 55.2 Å². The molecule has 0 aliphatic heterocycles. The number of nitro benzene ring substituents is 1. The number of thioether (sulfide) groups is 1. The molecule has 0 saturated heterocycles. The van der Waals surface area contributed by atoms with Gasteiger partial charge in [0.25, 0.3) is 5.69 Å². The molecule has 0 fully saturated rings. The van der Waals surface area contributed by atoms with Crippen LogP contribution in [0, 0.1) is 10.1 Å². The largest absolute Gasteiger partial charge is 0.441 e. The number of halogens is 3. The zero-order valence-corrected chi connectivity index (χ0v) is 10.1. The molecule has 1 N–H and O–H groups in total. The summed E-state index contributed by atoms with van der Waals surface area (Å²) in [5.74, 6) is -0.0590. The zero-order chi connectivity index (χ0) is 13.6. The molecule has 1 aromatic carbocycles. The van der Waals surface area contributed by atoms with Crippen molar-refractivity contribution in [3.8, 4) is 0 Å². The maximum absolute atomic E-state index is 11.8. The van der Waals surface area contributed by atoms with E-state index < -0.39 is 10.4 Å². The molecular weight excluding hydrogens is 269 g/mol. The smallest absolute Gasteiger partial charge is 0.312 e. The Morgan fingerprint density at radius 3 is 2.39 bits per heavy atom. The number of benzene rings is 1. The summed E-state index contributed by atoms with van der Waals surface area (Å²) < 4.78 is 35.4. The van der Waals surface area contributed by atoms with Crippen molar-refractivity contribution in [3.63, 3.8) is 0 Å². The van der Waals surface area contributed by atoms with Gasteiger partial charge in [0.1, 0.15) is 0 Å². The van der Waals surface area contributed by atoms with Gasteiger partial charge in [-0.2, -0.15) is 13.2 Å². The normalized spacial score (nSPS) is 11.5. The van der Waals surface area contributed by atoms with Crippen LogP contribution in [0.4, 0.5) is 18.9 Å². The summed E-state index contributed by atoms with van der Waals surface area (Å²) in [5.41, 5.74) is -3.42. The second kappa shape index (κ2) is 6.60. The number of rotatable bonds is 6. The minimum atomic E-state index is -4.20. The number of hydrogen-bond donors (Lipinski definition) is 1. The van der Waals surface area contributed by atoms with Crippen molar-refractivity contribution in [3.05, 3.63) is 39.9 Å². The molecule has 1 rings (SSSR count). The Morgan fingerprint density at radius 2 is 1.89 bits per heavy atom. The maximum atomic E-state index is 11.8. The van der Waals surface area contributed by atoms with E-state index in [1.165, 1.54) is 12.1 Å². The summed E-state index contributed by atoms with van der Waals surface area (Å²) in [6.07, 6.45) is 0. The monoisotopic (exact) mass is 280 g/mol. The highest BCUT2D eigenvalue weighted by Gasteiger charge is 2.27. The quantitative estimate of drug-likeness (QED) is 0.494. The van der Waals surface area contributed by atoms with Crippen molar-refractivity contribution in [1.29, 1.82) is 0 Å². The summed E-state index contributed by atoms with van der Waals surface area (Å²) in [6, 6.07) is 5.87. The van der Waals surface area contributed by atoms with E-state index in [1.807, 2.05) is 0 Å². The number of alkyl halides is 3. The van der Waals surface area contributed by atoms with Crippen molar-refractivity contribution in [1.82, 2.24) is 5.32 Å². The Bertz CT molecular complexity index is 395. The fourth-order valence-corrected chi connectivity index (χ4v) is 1.69. The van der Waals surface area contributed by atoms with Gasteiger partial charge in [0, 0.05) is 31.0 Å². The van der Waals surface area contributed by atoms with E-state index in [9.17, 15) is 23.3 Å². The van der Waals surface area contributed by atoms with E-state index >= 15 is 0 Å². The van der Waals surface area contributed by atoms with Crippen molar-refractivity contribution in [2.24, 2.45) is 0 Å². The Kier molecular flexibility index (Phi) is 5.42. The molecular formula is C10H11F3N2O2S. The van der Waals surface area contributed by atoms with E-state index in [0.717, 1.165) is 5.56 Å². The van der Waals surface area contributed by atoms with Crippen LogP contribution >= 0.6 is 11.8 Å². The molecule has 0 spiro atoms. The lowest BCUT2D eigenvalue weighted by Gasteiger charge is -2.06. The highest BCUT2D eigenvalue weighted by atomic mass is 32.2. The Balaban J connectivity index is 2.25. The molecule has 8 heteroatoms. The average molecular weight is 280 g/mol. The van der Waals surface area contributed by atoms with E-state index in [-0.39, 0.29) is 29.7 Å². The zero-order valence-electron chi connectivity index (χ0n) is 9.24. The van der Waals surface area contributed by atoms with Gasteiger partial charge >= 0.3 is 5.51 Å². The maximum Gasteiger partial charge on any atom is 0.441 e. The minimum Gasteiger partial charge on any atom is -0.312 e. The molecule has 0 unspecified atom stereocenters. The van der Waals surface area contributed by atoms with Crippen LogP contribution in [0.25, 0.3) is 0 Å². The third kappa shape index (κ3) is 5.87. The number of hydrogen-bond acceptors (Lipinski definition) is 4. The summed E-state index contributed by atoms with van der Waals surface area (Å²) in [7, 11) is 0. The fourth-order valence-electron chi connectivity index (χ4n) is 1.21. The molecule has 0 aliphatic carbocycles. The molecule has 100 valence electrons. The van der Waals surface area contributed by atoms with Gasteiger partial charge in [0.2, 0.25) is 0 Å². The van der Waals surface area contributed by atoms with E-state index in [2.05, 4.69) is 5.32 Å². The fraction of sp³-hybridized carbons (Fsp3) is 0.400. The van der Waals surface area contributed by atoms with Crippen LogP contribution < -0.4 is 5.32 Å². The van der Waals surface area contributed by atoms with E-state index in [4.69, 9.17) is 0 Å². The minimum absolute atomic E-state index is 0.00798. The molecule has 0 atom stereocenters. The Labute approximate surface area is 106 Å². The molecule has 0 aliphatic rings. The van der Waals surface area contributed by atoms with Gasteiger partial charge in [-0.1, -0.05) is 12.1 Å². The lowest BCUT2D eigenvalue weighted by Crippen LogP contribution is -2.18. The van der Waals surface area contributed by atoms with E-state index in [1.54, 1.807) is 12.1 Å². The van der Waals surface area contributed by atoms with Crippen LogP contribution in [0.15, 0.2) is 24.3 Å². The number of nitrogens with zero attached hydrogens (tertiary/aromatic N) is 1. The van der Waals surface area contributed by atoms with Crippen LogP contribution in [0.3, 0.4) is 0 Å². The Morgan fingerprint density at radius 1 is 1.28 bits per heavy atom. The van der Waals surface area contributed by atoms with Crippen LogP contribution in [-0.4, -0.2) is 22.7 Å². The van der Waals surface area contributed by atoms with Crippen molar-refractivity contribution in [2.75, 3.05) is 12.3 Å². The van der Waals surface area contributed by atoms with Gasteiger partial charge in [0.05, 0.1) is 4.92 Å². The Hall–Kier alpha value is -1.28. The molecule has 0 heterocycles. The molecule has 0 saturated carbocycles. The highest BCUT2D eigenvalue weighted by molar-refractivity contribution is 8.00. The van der Waals surface area contributed by atoms with Crippen LogP contribution in [0.5, 0.6) is 0 Å². The van der Waals surface area contributed by atoms with Gasteiger partial charge < -0.3 is 5.32 Å². The molecule has 18 heavy (non-hydrogen) atoms. The number of nitrogens with one attached hydrogen (secondary N) is 1. The first kappa shape index (κ1) is 14.8. The van der Waals surface area contributed by atoms with Gasteiger partial charge in [-0.25, -0.2) is 0 Å². The van der Waals surface area contributed by atoms with Crippen LogP contribution in [0.2, 0.25) is 0 Å². The lowest BCUT2D eigenvalue weighted by atomic mass is 10.2. The molecule has 4 nitrogen and oxygen atoms in total. The van der Waals surface area contributed by atoms with E-state index in [0.29, 0.717) is 6.54 Å². The second-order valence-electron chi connectivity index (χ2n) is 3.39. The third-order valence-corrected chi connectivity index (χ3v) is 2.76. The van der Waals surface area contributed by atoms with Crippen molar-refractivity contribution < 1.29 is 18.1 Å². The predicted molar refractivity (Wildman–Crippen MR) is 63.3 cm³/mol. The lowest BCUT2D eigenvalue weighted by molar-refractivity contribution is -0.384. The standard InChI is InChI=1S/C10H11F3N2O2S/c11-10(12,13)18-6-5-14-7-8-1-3-9(4-2-8)15(16)17/h1-4,14H,5-7H2. The summed E-state index contributed by atoms with van der Waals surface area (Å²) >= 11 is -0.0767. The van der Waals surface area contributed by atoms with Crippen LogP contribution in [-0.2, 0) is 6.54 Å². The molecule has 0 amide bonds. The number of non-ortho nitro benzene ring substituents is 1. The molecule has 0 radical (unpaired) electrons. The molecule has 0 aromatic heterocycles.